The van der Waals surface area contributed by atoms with Gasteiger partial charge in [-0.1, -0.05) is 31.0 Å². The number of carbonyl (C=O) groups is 1. The Morgan fingerprint density at radius 3 is 2.63 bits per heavy atom. The minimum Gasteiger partial charge on any atom is -0.375 e. The van der Waals surface area contributed by atoms with Gasteiger partial charge in [0, 0.05) is 14.1 Å². The highest BCUT2D eigenvalue weighted by Crippen LogP contribution is 2.32. The molecular formula is C14H22ClN3O. The Bertz CT molecular complexity index is 458. The Labute approximate surface area is 119 Å². The van der Waals surface area contributed by atoms with E-state index in [2.05, 4.69) is 5.32 Å². The molecule has 0 radical (unpaired) electrons. The molecule has 3 N–H and O–H groups in total. The van der Waals surface area contributed by atoms with E-state index in [9.17, 15) is 4.79 Å². The van der Waals surface area contributed by atoms with Gasteiger partial charge in [-0.05, 0) is 25.5 Å². The predicted octanol–water partition coefficient (Wildman–Crippen LogP) is 2.86. The number of rotatable bonds is 5. The van der Waals surface area contributed by atoms with Crippen LogP contribution in [-0.4, -0.2) is 25.5 Å². The van der Waals surface area contributed by atoms with E-state index in [0.717, 1.165) is 12.1 Å². The van der Waals surface area contributed by atoms with Crippen LogP contribution in [0.25, 0.3) is 0 Å². The highest BCUT2D eigenvalue weighted by molar-refractivity contribution is 6.34. The standard InChI is InChI=1S/C14H22ClN3O/c1-5-9-14(2,16)13(19)17-11-8-6-7-10(15)12(11)18(3)4/h6-8H,5,9,16H2,1-4H3,(H,17,19). The SMILES string of the molecule is CCCC(C)(N)C(=O)Nc1cccc(Cl)c1N(C)C. The van der Waals surface area contributed by atoms with Gasteiger partial charge in [0.05, 0.1) is 21.9 Å². The van der Waals surface area contributed by atoms with E-state index in [-0.39, 0.29) is 5.91 Å². The largest absolute Gasteiger partial charge is 0.375 e. The fourth-order valence-corrected chi connectivity index (χ4v) is 2.31. The van der Waals surface area contributed by atoms with Crippen LogP contribution < -0.4 is 16.0 Å². The van der Waals surface area contributed by atoms with Crippen LogP contribution in [0.15, 0.2) is 18.2 Å². The van der Waals surface area contributed by atoms with Gasteiger partial charge in [0.25, 0.3) is 0 Å². The third-order valence-corrected chi connectivity index (χ3v) is 3.28. The first-order valence-corrected chi connectivity index (χ1v) is 6.73. The van der Waals surface area contributed by atoms with Crippen LogP contribution in [0, 0.1) is 0 Å². The summed E-state index contributed by atoms with van der Waals surface area (Å²) in [6.45, 7) is 3.74. The van der Waals surface area contributed by atoms with Crippen LogP contribution in [0.4, 0.5) is 11.4 Å². The highest BCUT2D eigenvalue weighted by atomic mass is 35.5. The summed E-state index contributed by atoms with van der Waals surface area (Å²) in [5.74, 6) is -0.195. The maximum Gasteiger partial charge on any atom is 0.244 e. The minimum atomic E-state index is -0.874. The van der Waals surface area contributed by atoms with Gasteiger partial charge < -0.3 is 16.0 Å². The molecule has 0 heterocycles. The van der Waals surface area contributed by atoms with Crippen molar-refractivity contribution >= 4 is 28.9 Å². The summed E-state index contributed by atoms with van der Waals surface area (Å²) in [7, 11) is 3.76. The summed E-state index contributed by atoms with van der Waals surface area (Å²) in [6.07, 6.45) is 1.49. The third-order valence-electron chi connectivity index (χ3n) is 2.97. The lowest BCUT2D eigenvalue weighted by Gasteiger charge is -2.25. The van der Waals surface area contributed by atoms with Crippen molar-refractivity contribution < 1.29 is 4.79 Å². The number of carbonyl (C=O) groups excluding carboxylic acids is 1. The number of nitrogens with zero attached hydrogens (tertiary/aromatic N) is 1. The summed E-state index contributed by atoms with van der Waals surface area (Å²) in [4.78, 5) is 14.1. The van der Waals surface area contributed by atoms with Crippen LogP contribution in [-0.2, 0) is 4.79 Å². The third kappa shape index (κ3) is 3.85. The van der Waals surface area contributed by atoms with Gasteiger partial charge in [-0.3, -0.25) is 4.79 Å². The topological polar surface area (TPSA) is 58.4 Å². The van der Waals surface area contributed by atoms with Crippen LogP contribution in [0.3, 0.4) is 0 Å². The van der Waals surface area contributed by atoms with Gasteiger partial charge >= 0.3 is 0 Å². The predicted molar refractivity (Wildman–Crippen MR) is 81.9 cm³/mol. The lowest BCUT2D eigenvalue weighted by atomic mass is 9.96. The fraction of sp³-hybridized carbons (Fsp3) is 0.500. The second kappa shape index (κ2) is 6.26. The molecule has 1 atom stereocenters. The van der Waals surface area contributed by atoms with Crippen LogP contribution in [0.5, 0.6) is 0 Å². The van der Waals surface area contributed by atoms with Crippen molar-refractivity contribution in [2.45, 2.75) is 32.2 Å². The van der Waals surface area contributed by atoms with E-state index in [1.165, 1.54) is 0 Å². The molecule has 0 aliphatic heterocycles. The number of amides is 1. The zero-order chi connectivity index (χ0) is 14.6. The van der Waals surface area contributed by atoms with E-state index in [1.54, 1.807) is 19.1 Å². The molecule has 1 aromatic rings. The van der Waals surface area contributed by atoms with Gasteiger partial charge in [0.15, 0.2) is 0 Å². The number of nitrogens with one attached hydrogen (secondary N) is 1. The number of nitrogens with two attached hydrogens (primary N) is 1. The molecular weight excluding hydrogens is 262 g/mol. The van der Waals surface area contributed by atoms with Gasteiger partial charge in [-0.25, -0.2) is 0 Å². The smallest absolute Gasteiger partial charge is 0.244 e. The summed E-state index contributed by atoms with van der Waals surface area (Å²) < 4.78 is 0. The average molecular weight is 284 g/mol. The summed E-state index contributed by atoms with van der Waals surface area (Å²) in [5.41, 5.74) is 6.61. The molecule has 19 heavy (non-hydrogen) atoms. The van der Waals surface area contributed by atoms with Crippen molar-refractivity contribution in [3.8, 4) is 0 Å². The summed E-state index contributed by atoms with van der Waals surface area (Å²) in [6, 6.07) is 5.42. The molecule has 0 saturated heterocycles. The number of para-hydroxylation sites is 1. The molecule has 4 nitrogen and oxygen atoms in total. The molecule has 0 aromatic heterocycles. The lowest BCUT2D eigenvalue weighted by molar-refractivity contribution is -0.120. The molecule has 1 aromatic carbocycles. The average Bonchev–Trinajstić information content (AvgIpc) is 2.28. The minimum absolute atomic E-state index is 0.195. The summed E-state index contributed by atoms with van der Waals surface area (Å²) >= 11 is 6.16. The van der Waals surface area contributed by atoms with Gasteiger partial charge in [-0.2, -0.15) is 0 Å². The van der Waals surface area contributed by atoms with Crippen LogP contribution in [0.2, 0.25) is 5.02 Å². The Morgan fingerprint density at radius 1 is 1.47 bits per heavy atom. The summed E-state index contributed by atoms with van der Waals surface area (Å²) in [5, 5.41) is 3.46. The van der Waals surface area contributed by atoms with Crippen LogP contribution >= 0.6 is 11.6 Å². The van der Waals surface area contributed by atoms with Gasteiger partial charge in [-0.15, -0.1) is 0 Å². The first kappa shape index (κ1) is 15.8. The monoisotopic (exact) mass is 283 g/mol. The Kier molecular flexibility index (Phi) is 5.20. The Balaban J connectivity index is 3.00. The first-order chi connectivity index (χ1) is 8.79. The van der Waals surface area contributed by atoms with E-state index < -0.39 is 5.54 Å². The molecule has 0 spiro atoms. The van der Waals surface area contributed by atoms with E-state index in [4.69, 9.17) is 17.3 Å². The zero-order valence-electron chi connectivity index (χ0n) is 12.0. The van der Waals surface area contributed by atoms with Crippen molar-refractivity contribution in [1.82, 2.24) is 0 Å². The molecule has 1 unspecified atom stereocenters. The number of benzene rings is 1. The highest BCUT2D eigenvalue weighted by Gasteiger charge is 2.28. The van der Waals surface area contributed by atoms with Crippen molar-refractivity contribution in [2.24, 2.45) is 5.73 Å². The van der Waals surface area contributed by atoms with Crippen molar-refractivity contribution in [2.75, 3.05) is 24.3 Å². The lowest BCUT2D eigenvalue weighted by Crippen LogP contribution is -2.48. The Morgan fingerprint density at radius 2 is 2.11 bits per heavy atom. The second-order valence-electron chi connectivity index (χ2n) is 5.15. The van der Waals surface area contributed by atoms with Crippen LogP contribution in [0.1, 0.15) is 26.7 Å². The zero-order valence-corrected chi connectivity index (χ0v) is 12.7. The number of hydrogen-bond donors (Lipinski definition) is 2. The Hall–Kier alpha value is -1.26. The molecule has 0 fully saturated rings. The maximum atomic E-state index is 12.2. The number of anilines is 2. The van der Waals surface area contributed by atoms with E-state index in [0.29, 0.717) is 17.1 Å². The molecule has 5 heteroatoms. The maximum absolute atomic E-state index is 12.2. The second-order valence-corrected chi connectivity index (χ2v) is 5.56. The van der Waals surface area contributed by atoms with Gasteiger partial charge in [0.2, 0.25) is 5.91 Å². The fourth-order valence-electron chi connectivity index (χ4n) is 1.97. The molecule has 106 valence electrons. The van der Waals surface area contributed by atoms with Crippen molar-refractivity contribution in [3.63, 3.8) is 0 Å². The van der Waals surface area contributed by atoms with E-state index >= 15 is 0 Å². The molecule has 0 aliphatic carbocycles. The molecule has 1 rings (SSSR count). The quantitative estimate of drug-likeness (QED) is 0.874. The normalized spacial score (nSPS) is 13.8. The number of halogens is 1. The van der Waals surface area contributed by atoms with E-state index in [1.807, 2.05) is 32.0 Å². The molecule has 1 amide bonds. The molecule has 0 bridgehead atoms. The molecule has 0 aliphatic rings. The molecule has 0 saturated carbocycles. The van der Waals surface area contributed by atoms with Crippen molar-refractivity contribution in [1.29, 1.82) is 0 Å². The van der Waals surface area contributed by atoms with Crippen molar-refractivity contribution in [3.05, 3.63) is 23.2 Å². The van der Waals surface area contributed by atoms with Gasteiger partial charge in [0.1, 0.15) is 0 Å². The first-order valence-electron chi connectivity index (χ1n) is 6.35. The number of hydrogen-bond acceptors (Lipinski definition) is 3.